The summed E-state index contributed by atoms with van der Waals surface area (Å²) < 4.78 is 5.96. The lowest BCUT2D eigenvalue weighted by molar-refractivity contribution is -0.165. The quantitative estimate of drug-likeness (QED) is 0.612. The van der Waals surface area contributed by atoms with E-state index in [4.69, 9.17) is 4.74 Å². The van der Waals surface area contributed by atoms with Crippen molar-refractivity contribution < 1.29 is 9.53 Å². The molecule has 2 nitrogen and oxygen atoms in total. The van der Waals surface area contributed by atoms with Gasteiger partial charge in [0, 0.05) is 0 Å². The molecule has 0 N–H and O–H groups in total. The molecule has 130 valence electrons. The molecule has 0 radical (unpaired) electrons. The van der Waals surface area contributed by atoms with Gasteiger partial charge in [-0.15, -0.1) is 0 Å². The largest absolute Gasteiger partial charge is 0.462 e. The molecule has 1 rings (SSSR count). The molecule has 0 aromatic rings. The molecule has 1 aliphatic carbocycles. The third-order valence-corrected chi connectivity index (χ3v) is 5.82. The van der Waals surface area contributed by atoms with Crippen LogP contribution in [0.4, 0.5) is 0 Å². The molecule has 0 amide bonds. The summed E-state index contributed by atoms with van der Waals surface area (Å²) in [5.41, 5.74) is 0.176. The maximum atomic E-state index is 12.5. The van der Waals surface area contributed by atoms with Gasteiger partial charge in [-0.2, -0.15) is 0 Å². The van der Waals surface area contributed by atoms with Crippen molar-refractivity contribution >= 4 is 5.97 Å². The summed E-state index contributed by atoms with van der Waals surface area (Å²) in [6.45, 7) is 19.9. The van der Waals surface area contributed by atoms with Crippen LogP contribution in [0.5, 0.6) is 0 Å². The fourth-order valence-electron chi connectivity index (χ4n) is 3.23. The van der Waals surface area contributed by atoms with Gasteiger partial charge in [0.05, 0.1) is 5.41 Å². The smallest absolute Gasteiger partial charge is 0.311 e. The van der Waals surface area contributed by atoms with Crippen LogP contribution in [-0.4, -0.2) is 12.1 Å². The third kappa shape index (κ3) is 4.99. The van der Waals surface area contributed by atoms with E-state index in [0.717, 1.165) is 19.3 Å². The van der Waals surface area contributed by atoms with E-state index in [2.05, 4.69) is 48.5 Å². The number of carbonyl (C=O) groups is 1. The lowest BCUT2D eigenvalue weighted by Crippen LogP contribution is -2.41. The van der Waals surface area contributed by atoms with E-state index < -0.39 is 0 Å². The third-order valence-electron chi connectivity index (χ3n) is 5.82. The van der Waals surface area contributed by atoms with Crippen LogP contribution >= 0.6 is 0 Å². The highest BCUT2D eigenvalue weighted by atomic mass is 16.5. The molecule has 1 saturated carbocycles. The number of esters is 1. The summed E-state index contributed by atoms with van der Waals surface area (Å²) >= 11 is 0. The second-order valence-corrected chi connectivity index (χ2v) is 10.1. The van der Waals surface area contributed by atoms with Crippen molar-refractivity contribution in [2.45, 2.75) is 94.1 Å². The maximum Gasteiger partial charge on any atom is 0.311 e. The minimum Gasteiger partial charge on any atom is -0.462 e. The molecular formula is C20H38O2. The van der Waals surface area contributed by atoms with Crippen molar-refractivity contribution in [2.24, 2.45) is 28.1 Å². The maximum absolute atomic E-state index is 12.5. The first-order valence-electron chi connectivity index (χ1n) is 8.98. The molecular weight excluding hydrogens is 272 g/mol. The van der Waals surface area contributed by atoms with Crippen molar-refractivity contribution in [3.8, 4) is 0 Å². The number of carbonyl (C=O) groups excluding carboxylic acids is 1. The van der Waals surface area contributed by atoms with Gasteiger partial charge in [0.1, 0.15) is 6.10 Å². The Morgan fingerprint density at radius 1 is 0.864 bits per heavy atom. The van der Waals surface area contributed by atoms with Crippen molar-refractivity contribution in [1.82, 2.24) is 0 Å². The van der Waals surface area contributed by atoms with Gasteiger partial charge in [-0.05, 0) is 62.2 Å². The zero-order chi connectivity index (χ0) is 17.3. The van der Waals surface area contributed by atoms with E-state index in [0.29, 0.717) is 11.8 Å². The second-order valence-electron chi connectivity index (χ2n) is 10.1. The van der Waals surface area contributed by atoms with Gasteiger partial charge in [-0.1, -0.05) is 48.5 Å². The molecule has 2 atom stereocenters. The van der Waals surface area contributed by atoms with E-state index in [1.807, 2.05) is 13.8 Å². The molecule has 0 aromatic carbocycles. The van der Waals surface area contributed by atoms with Gasteiger partial charge in [-0.25, -0.2) is 0 Å². The molecule has 0 bridgehead atoms. The highest BCUT2D eigenvalue weighted by Crippen LogP contribution is 2.47. The predicted octanol–water partition coefficient (Wildman–Crippen LogP) is 5.84. The highest BCUT2D eigenvalue weighted by molar-refractivity contribution is 5.76. The van der Waals surface area contributed by atoms with E-state index in [9.17, 15) is 4.79 Å². The first-order chi connectivity index (χ1) is 9.77. The zero-order valence-electron chi connectivity index (χ0n) is 16.4. The van der Waals surface area contributed by atoms with Crippen LogP contribution in [0, 0.1) is 28.1 Å². The Balaban J connectivity index is 2.88. The number of hydrogen-bond acceptors (Lipinski definition) is 2. The Labute approximate surface area is 138 Å². The molecule has 1 fully saturated rings. The standard InChI is InChI=1S/C20H38O2/c1-10-20(8,9)17(21)22-16-12-14(18(2,3)4)11-15(13-16)19(5,6)7/h14-16H,10-13H2,1-9H3. The van der Waals surface area contributed by atoms with Crippen LogP contribution in [0.25, 0.3) is 0 Å². The second kappa shape index (κ2) is 6.53. The summed E-state index contributed by atoms with van der Waals surface area (Å²) in [4.78, 5) is 12.5. The minimum absolute atomic E-state index is 0.0257. The number of rotatable bonds is 3. The Morgan fingerprint density at radius 3 is 1.59 bits per heavy atom. The normalized spacial score (nSPS) is 27.6. The molecule has 0 aromatic heterocycles. The monoisotopic (exact) mass is 310 g/mol. The van der Waals surface area contributed by atoms with E-state index in [1.165, 1.54) is 6.42 Å². The summed E-state index contributed by atoms with van der Waals surface area (Å²) in [6, 6.07) is 0. The fourth-order valence-corrected chi connectivity index (χ4v) is 3.23. The zero-order valence-corrected chi connectivity index (χ0v) is 16.4. The number of ether oxygens (including phenoxy) is 1. The summed E-state index contributed by atoms with van der Waals surface area (Å²) in [5.74, 6) is 1.21. The van der Waals surface area contributed by atoms with Crippen LogP contribution in [0.2, 0.25) is 0 Å². The van der Waals surface area contributed by atoms with Crippen LogP contribution in [-0.2, 0) is 9.53 Å². The van der Waals surface area contributed by atoms with Crippen LogP contribution in [0.1, 0.15) is 88.0 Å². The average Bonchev–Trinajstić information content (AvgIpc) is 2.36. The molecule has 0 spiro atoms. The Bertz CT molecular complexity index is 359. The van der Waals surface area contributed by atoms with Crippen molar-refractivity contribution in [1.29, 1.82) is 0 Å². The average molecular weight is 311 g/mol. The van der Waals surface area contributed by atoms with Gasteiger partial charge < -0.3 is 4.74 Å². The van der Waals surface area contributed by atoms with E-state index >= 15 is 0 Å². The lowest BCUT2D eigenvalue weighted by Gasteiger charge is -2.45. The van der Waals surface area contributed by atoms with Gasteiger partial charge in [-0.3, -0.25) is 4.79 Å². The first kappa shape index (κ1) is 19.5. The summed E-state index contributed by atoms with van der Waals surface area (Å²) in [6.07, 6.45) is 4.19. The van der Waals surface area contributed by atoms with Gasteiger partial charge in [0.15, 0.2) is 0 Å². The van der Waals surface area contributed by atoms with E-state index in [-0.39, 0.29) is 28.3 Å². The lowest BCUT2D eigenvalue weighted by atomic mass is 9.62. The topological polar surface area (TPSA) is 26.3 Å². The first-order valence-corrected chi connectivity index (χ1v) is 8.98. The molecule has 0 heterocycles. The SMILES string of the molecule is CCC(C)(C)C(=O)OC1CC(C(C)(C)C)CC(C(C)(C)C)C1. The summed E-state index contributed by atoms with van der Waals surface area (Å²) in [7, 11) is 0. The predicted molar refractivity (Wildman–Crippen MR) is 93.7 cm³/mol. The van der Waals surface area contributed by atoms with Crippen molar-refractivity contribution in [2.75, 3.05) is 0 Å². The van der Waals surface area contributed by atoms with Crippen LogP contribution in [0.15, 0.2) is 0 Å². The molecule has 22 heavy (non-hydrogen) atoms. The number of hydrogen-bond donors (Lipinski definition) is 0. The Kier molecular flexibility index (Phi) is 5.79. The van der Waals surface area contributed by atoms with Crippen LogP contribution < -0.4 is 0 Å². The van der Waals surface area contributed by atoms with Gasteiger partial charge in [0.25, 0.3) is 0 Å². The molecule has 2 unspecified atom stereocenters. The summed E-state index contributed by atoms with van der Waals surface area (Å²) in [5, 5.41) is 0. The molecule has 0 saturated heterocycles. The molecule has 1 aliphatic rings. The fraction of sp³-hybridized carbons (Fsp3) is 0.950. The van der Waals surface area contributed by atoms with E-state index in [1.54, 1.807) is 0 Å². The van der Waals surface area contributed by atoms with Crippen molar-refractivity contribution in [3.63, 3.8) is 0 Å². The Morgan fingerprint density at radius 2 is 1.27 bits per heavy atom. The van der Waals surface area contributed by atoms with Gasteiger partial charge in [0.2, 0.25) is 0 Å². The van der Waals surface area contributed by atoms with Crippen molar-refractivity contribution in [3.05, 3.63) is 0 Å². The Hall–Kier alpha value is -0.530. The molecule has 0 aliphatic heterocycles. The minimum atomic E-state index is -0.369. The molecule has 2 heteroatoms. The highest BCUT2D eigenvalue weighted by Gasteiger charge is 2.41. The van der Waals surface area contributed by atoms with Crippen LogP contribution in [0.3, 0.4) is 0 Å². The van der Waals surface area contributed by atoms with Gasteiger partial charge >= 0.3 is 5.97 Å².